The second-order valence-electron chi connectivity index (χ2n) is 7.57. The molecule has 0 bridgehead atoms. The van der Waals surface area contributed by atoms with Gasteiger partial charge in [-0.25, -0.2) is 9.37 Å². The van der Waals surface area contributed by atoms with E-state index in [2.05, 4.69) is 31.6 Å². The van der Waals surface area contributed by atoms with Crippen molar-refractivity contribution in [3.05, 3.63) is 52.8 Å². The molecule has 2 aromatic rings. The number of piperazine rings is 1. The molecule has 1 N–H and O–H groups in total. The van der Waals surface area contributed by atoms with Gasteiger partial charge in [-0.15, -0.1) is 0 Å². The molecule has 2 heterocycles. The summed E-state index contributed by atoms with van der Waals surface area (Å²) >= 11 is 6.18. The molecule has 0 radical (unpaired) electrons. The quantitative estimate of drug-likeness (QED) is 0.392. The van der Waals surface area contributed by atoms with Gasteiger partial charge in [-0.2, -0.15) is 0 Å². The van der Waals surface area contributed by atoms with Crippen molar-refractivity contribution in [1.82, 2.24) is 24.7 Å². The number of unbranched alkanes of at least 4 members (excludes halogenated alkanes) is 1. The number of rotatable bonds is 8. The number of halogens is 2. The molecule has 6 nitrogen and oxygen atoms in total. The maximum Gasteiger partial charge on any atom is 0.194 e. The third kappa shape index (κ3) is 6.19. The summed E-state index contributed by atoms with van der Waals surface area (Å²) in [5, 5.41) is 3.91. The Morgan fingerprint density at radius 1 is 1.23 bits per heavy atom. The smallest absolute Gasteiger partial charge is 0.194 e. The molecule has 1 fully saturated rings. The van der Waals surface area contributed by atoms with E-state index in [9.17, 15) is 4.39 Å². The Morgan fingerprint density at radius 3 is 2.70 bits per heavy atom. The molecule has 0 atom stereocenters. The standard InChI is InChI=1S/C22H32ClFN6/c1-3-25-22(27-9-4-5-11-29-12-10-26-18(29)2)30-15-13-28(14-16-30)17-19-20(23)7-6-8-21(19)24/h6-8,10,12H,3-5,9,11,13-17H2,1-2H3,(H,25,27). The molecule has 8 heteroatoms. The zero-order chi connectivity index (χ0) is 21.3. The first-order valence-corrected chi connectivity index (χ1v) is 11.1. The Balaban J connectivity index is 1.46. The maximum atomic E-state index is 14.1. The molecule has 30 heavy (non-hydrogen) atoms. The predicted octanol–water partition coefficient (Wildman–Crippen LogP) is 3.55. The van der Waals surface area contributed by atoms with Gasteiger partial charge < -0.3 is 14.8 Å². The zero-order valence-electron chi connectivity index (χ0n) is 17.9. The highest BCUT2D eigenvalue weighted by atomic mass is 35.5. The van der Waals surface area contributed by atoms with E-state index in [0.717, 1.165) is 70.4 Å². The van der Waals surface area contributed by atoms with E-state index >= 15 is 0 Å². The average molecular weight is 435 g/mol. The van der Waals surface area contributed by atoms with Crippen LogP contribution in [0.5, 0.6) is 0 Å². The normalized spacial score (nSPS) is 15.6. The Morgan fingerprint density at radius 2 is 2.03 bits per heavy atom. The van der Waals surface area contributed by atoms with Crippen LogP contribution in [0.2, 0.25) is 5.02 Å². The lowest BCUT2D eigenvalue weighted by molar-refractivity contribution is 0.171. The van der Waals surface area contributed by atoms with Crippen LogP contribution in [0.15, 0.2) is 35.6 Å². The molecule has 1 aliphatic rings. The molecule has 0 amide bonds. The monoisotopic (exact) mass is 434 g/mol. The molecule has 1 aliphatic heterocycles. The van der Waals surface area contributed by atoms with Crippen molar-refractivity contribution in [2.24, 2.45) is 4.99 Å². The minimum absolute atomic E-state index is 0.231. The van der Waals surface area contributed by atoms with Crippen LogP contribution in [0, 0.1) is 12.7 Å². The van der Waals surface area contributed by atoms with Crippen LogP contribution >= 0.6 is 11.6 Å². The third-order valence-electron chi connectivity index (χ3n) is 5.44. The highest BCUT2D eigenvalue weighted by molar-refractivity contribution is 6.31. The molecule has 0 unspecified atom stereocenters. The summed E-state index contributed by atoms with van der Waals surface area (Å²) in [5.74, 6) is 1.80. The molecular weight excluding hydrogens is 403 g/mol. The van der Waals surface area contributed by atoms with E-state index in [1.54, 1.807) is 12.1 Å². The summed E-state index contributed by atoms with van der Waals surface area (Å²) in [5.41, 5.74) is 0.585. The van der Waals surface area contributed by atoms with Crippen LogP contribution in [-0.2, 0) is 13.1 Å². The first-order valence-electron chi connectivity index (χ1n) is 10.7. The van der Waals surface area contributed by atoms with Crippen LogP contribution in [0.1, 0.15) is 31.2 Å². The molecule has 164 valence electrons. The summed E-state index contributed by atoms with van der Waals surface area (Å²) in [4.78, 5) is 13.6. The molecule has 0 saturated carbocycles. The molecule has 1 saturated heterocycles. The number of aryl methyl sites for hydroxylation is 2. The fraction of sp³-hybridized carbons (Fsp3) is 0.545. The van der Waals surface area contributed by atoms with Gasteiger partial charge in [-0.1, -0.05) is 17.7 Å². The van der Waals surface area contributed by atoms with Crippen LogP contribution in [0.3, 0.4) is 0 Å². The van der Waals surface area contributed by atoms with Gasteiger partial charge in [0.05, 0.1) is 0 Å². The number of aromatic nitrogens is 2. The van der Waals surface area contributed by atoms with Crippen LogP contribution in [-0.4, -0.2) is 64.6 Å². The van der Waals surface area contributed by atoms with E-state index < -0.39 is 0 Å². The molecule has 3 rings (SSSR count). The number of nitrogens with one attached hydrogen (secondary N) is 1. The molecule has 0 aliphatic carbocycles. The molecule has 1 aromatic heterocycles. The maximum absolute atomic E-state index is 14.1. The second-order valence-corrected chi connectivity index (χ2v) is 7.98. The van der Waals surface area contributed by atoms with Crippen molar-refractivity contribution < 1.29 is 4.39 Å². The minimum atomic E-state index is -0.231. The number of hydrogen-bond donors (Lipinski definition) is 1. The summed E-state index contributed by atoms with van der Waals surface area (Å²) in [6.07, 6.45) is 5.99. The lowest BCUT2D eigenvalue weighted by atomic mass is 10.2. The lowest BCUT2D eigenvalue weighted by Crippen LogP contribution is -2.52. The second kappa shape index (κ2) is 11.3. The van der Waals surface area contributed by atoms with Crippen molar-refractivity contribution in [2.45, 2.75) is 39.8 Å². The first-order chi connectivity index (χ1) is 14.6. The Kier molecular flexibility index (Phi) is 8.51. The van der Waals surface area contributed by atoms with E-state index in [1.165, 1.54) is 6.07 Å². The Hall–Kier alpha value is -2.12. The van der Waals surface area contributed by atoms with Crippen molar-refractivity contribution in [1.29, 1.82) is 0 Å². The predicted molar refractivity (Wildman–Crippen MR) is 120 cm³/mol. The van der Waals surface area contributed by atoms with E-state index in [-0.39, 0.29) is 5.82 Å². The van der Waals surface area contributed by atoms with Crippen molar-refractivity contribution in [2.75, 3.05) is 39.3 Å². The third-order valence-corrected chi connectivity index (χ3v) is 5.80. The fourth-order valence-corrected chi connectivity index (χ4v) is 3.89. The summed E-state index contributed by atoms with van der Waals surface area (Å²) in [6.45, 7) is 10.7. The zero-order valence-corrected chi connectivity index (χ0v) is 18.7. The number of aliphatic imine (C=N–C) groups is 1. The van der Waals surface area contributed by atoms with E-state index in [4.69, 9.17) is 16.6 Å². The Bertz CT molecular complexity index is 809. The topological polar surface area (TPSA) is 48.7 Å². The highest BCUT2D eigenvalue weighted by Crippen LogP contribution is 2.21. The lowest BCUT2D eigenvalue weighted by Gasteiger charge is -2.36. The van der Waals surface area contributed by atoms with Crippen molar-refractivity contribution in [3.8, 4) is 0 Å². The van der Waals surface area contributed by atoms with Gasteiger partial charge in [0.2, 0.25) is 0 Å². The number of benzene rings is 1. The van der Waals surface area contributed by atoms with Crippen molar-refractivity contribution in [3.63, 3.8) is 0 Å². The van der Waals surface area contributed by atoms with Crippen LogP contribution in [0.4, 0.5) is 4.39 Å². The van der Waals surface area contributed by atoms with Gasteiger partial charge in [0.1, 0.15) is 11.6 Å². The van der Waals surface area contributed by atoms with Gasteiger partial charge in [0.15, 0.2) is 5.96 Å². The largest absolute Gasteiger partial charge is 0.357 e. The summed E-state index contributed by atoms with van der Waals surface area (Å²) < 4.78 is 16.2. The molecule has 0 spiro atoms. The van der Waals surface area contributed by atoms with Crippen LogP contribution < -0.4 is 5.32 Å². The van der Waals surface area contributed by atoms with Crippen molar-refractivity contribution >= 4 is 17.6 Å². The molecule has 1 aromatic carbocycles. The van der Waals surface area contributed by atoms with Gasteiger partial charge in [-0.05, 0) is 38.8 Å². The van der Waals surface area contributed by atoms with Crippen LogP contribution in [0.25, 0.3) is 0 Å². The van der Waals surface area contributed by atoms with Gasteiger partial charge in [-0.3, -0.25) is 9.89 Å². The van der Waals surface area contributed by atoms with E-state index in [0.29, 0.717) is 17.1 Å². The average Bonchev–Trinajstić information content (AvgIpc) is 3.15. The summed E-state index contributed by atoms with van der Waals surface area (Å²) in [7, 11) is 0. The first kappa shape index (κ1) is 22.6. The summed E-state index contributed by atoms with van der Waals surface area (Å²) in [6, 6.07) is 4.87. The highest BCUT2D eigenvalue weighted by Gasteiger charge is 2.21. The fourth-order valence-electron chi connectivity index (χ4n) is 3.67. The minimum Gasteiger partial charge on any atom is -0.357 e. The Labute approximate surface area is 183 Å². The van der Waals surface area contributed by atoms with Gasteiger partial charge >= 0.3 is 0 Å². The van der Waals surface area contributed by atoms with E-state index in [1.807, 2.05) is 19.3 Å². The van der Waals surface area contributed by atoms with Gasteiger partial charge in [0, 0.05) is 75.3 Å². The number of hydrogen-bond acceptors (Lipinski definition) is 3. The van der Waals surface area contributed by atoms with Gasteiger partial charge in [0.25, 0.3) is 0 Å². The number of imidazole rings is 1. The molecular formula is C22H32ClFN6. The number of nitrogens with zero attached hydrogens (tertiary/aromatic N) is 5. The SMILES string of the molecule is CCNC(=NCCCCn1ccnc1C)N1CCN(Cc2c(F)cccc2Cl)CC1. The number of guanidine groups is 1.